The summed E-state index contributed by atoms with van der Waals surface area (Å²) in [4.78, 5) is 18.3. The molecule has 1 aromatic rings. The third-order valence-corrected chi connectivity index (χ3v) is 3.80. The number of rotatable bonds is 7. The average Bonchev–Trinajstić information content (AvgIpc) is 2.99. The standard InChI is InChI=1S/C14H25N5O/c1-2-8-18(10-13-3-6-15-7-4-13)14(20)5-9-19-12-16-11-17-19/h11-13,15H,2-10H2,1H3. The number of piperidine rings is 1. The Morgan fingerprint density at radius 1 is 1.45 bits per heavy atom. The van der Waals surface area contributed by atoms with Crippen molar-refractivity contribution in [1.82, 2.24) is 25.0 Å². The van der Waals surface area contributed by atoms with E-state index in [0.29, 0.717) is 18.9 Å². The second-order valence-electron chi connectivity index (χ2n) is 5.44. The van der Waals surface area contributed by atoms with E-state index in [1.165, 1.54) is 19.2 Å². The molecule has 6 heteroatoms. The molecule has 2 rings (SSSR count). The molecule has 1 fully saturated rings. The molecule has 20 heavy (non-hydrogen) atoms. The van der Waals surface area contributed by atoms with Crippen LogP contribution in [0.4, 0.5) is 0 Å². The molecule has 0 saturated carbocycles. The van der Waals surface area contributed by atoms with Crippen LogP contribution in [0.15, 0.2) is 12.7 Å². The van der Waals surface area contributed by atoms with Crippen LogP contribution in [0.1, 0.15) is 32.6 Å². The predicted octanol–water partition coefficient (Wildman–Crippen LogP) is 0.906. The summed E-state index contributed by atoms with van der Waals surface area (Å²) < 4.78 is 1.71. The fraction of sp³-hybridized carbons (Fsp3) is 0.786. The molecule has 112 valence electrons. The van der Waals surface area contributed by atoms with E-state index in [4.69, 9.17) is 0 Å². The SMILES string of the molecule is CCCN(CC1CCNCC1)C(=O)CCn1cncn1. The number of aryl methyl sites for hydroxylation is 1. The molecule has 0 aliphatic carbocycles. The van der Waals surface area contributed by atoms with Gasteiger partial charge in [-0.1, -0.05) is 6.92 Å². The van der Waals surface area contributed by atoms with Gasteiger partial charge < -0.3 is 10.2 Å². The molecule has 0 spiro atoms. The Balaban J connectivity index is 1.81. The van der Waals surface area contributed by atoms with Gasteiger partial charge in [0.05, 0.1) is 6.54 Å². The molecule has 0 bridgehead atoms. The minimum Gasteiger partial charge on any atom is -0.342 e. The monoisotopic (exact) mass is 279 g/mol. The van der Waals surface area contributed by atoms with Crippen molar-refractivity contribution in [2.75, 3.05) is 26.2 Å². The average molecular weight is 279 g/mol. The number of hydrogen-bond donors (Lipinski definition) is 1. The van der Waals surface area contributed by atoms with E-state index in [1.807, 2.05) is 4.90 Å². The summed E-state index contributed by atoms with van der Waals surface area (Å²) in [6.07, 6.45) is 7.04. The van der Waals surface area contributed by atoms with Crippen LogP contribution in [0.25, 0.3) is 0 Å². The van der Waals surface area contributed by atoms with Crippen molar-refractivity contribution in [2.45, 2.75) is 39.2 Å². The van der Waals surface area contributed by atoms with Crippen molar-refractivity contribution in [2.24, 2.45) is 5.92 Å². The van der Waals surface area contributed by atoms with Crippen molar-refractivity contribution >= 4 is 5.91 Å². The number of amides is 1. The summed E-state index contributed by atoms with van der Waals surface area (Å²) in [7, 11) is 0. The molecule has 2 heterocycles. The fourth-order valence-electron chi connectivity index (χ4n) is 2.68. The van der Waals surface area contributed by atoms with Crippen molar-refractivity contribution < 1.29 is 4.79 Å². The number of carbonyl (C=O) groups is 1. The number of carbonyl (C=O) groups excluding carboxylic acids is 1. The highest BCUT2D eigenvalue weighted by Crippen LogP contribution is 2.14. The van der Waals surface area contributed by atoms with Crippen LogP contribution in [0, 0.1) is 5.92 Å². The molecule has 1 aliphatic rings. The van der Waals surface area contributed by atoms with Gasteiger partial charge in [0.1, 0.15) is 12.7 Å². The third kappa shape index (κ3) is 4.59. The fourth-order valence-corrected chi connectivity index (χ4v) is 2.68. The molecule has 0 radical (unpaired) electrons. The molecule has 1 N–H and O–H groups in total. The van der Waals surface area contributed by atoms with E-state index in [1.54, 1.807) is 11.0 Å². The molecule has 0 atom stereocenters. The number of aromatic nitrogens is 3. The van der Waals surface area contributed by atoms with E-state index in [-0.39, 0.29) is 5.91 Å². The van der Waals surface area contributed by atoms with Crippen molar-refractivity contribution in [3.05, 3.63) is 12.7 Å². The molecule has 1 aliphatic heterocycles. The van der Waals surface area contributed by atoms with Crippen LogP contribution in [0.3, 0.4) is 0 Å². The van der Waals surface area contributed by atoms with Crippen LogP contribution in [-0.2, 0) is 11.3 Å². The first-order chi connectivity index (χ1) is 9.79. The highest BCUT2D eigenvalue weighted by Gasteiger charge is 2.20. The highest BCUT2D eigenvalue weighted by molar-refractivity contribution is 5.76. The minimum absolute atomic E-state index is 0.237. The lowest BCUT2D eigenvalue weighted by molar-refractivity contribution is -0.132. The molecule has 0 aromatic carbocycles. The first-order valence-electron chi connectivity index (χ1n) is 7.60. The van der Waals surface area contributed by atoms with E-state index in [9.17, 15) is 4.79 Å². The summed E-state index contributed by atoms with van der Waals surface area (Å²) >= 11 is 0. The maximum Gasteiger partial charge on any atom is 0.224 e. The summed E-state index contributed by atoms with van der Waals surface area (Å²) in [5.74, 6) is 0.888. The Kier molecular flexibility index (Phi) is 5.98. The van der Waals surface area contributed by atoms with E-state index < -0.39 is 0 Å². The summed E-state index contributed by atoms with van der Waals surface area (Å²) in [6, 6.07) is 0. The Morgan fingerprint density at radius 3 is 2.90 bits per heavy atom. The van der Waals surface area contributed by atoms with Gasteiger partial charge in [0.2, 0.25) is 5.91 Å². The van der Waals surface area contributed by atoms with Gasteiger partial charge in [0, 0.05) is 19.5 Å². The van der Waals surface area contributed by atoms with Crippen LogP contribution < -0.4 is 5.32 Å². The second-order valence-corrected chi connectivity index (χ2v) is 5.44. The second kappa shape index (κ2) is 7.99. The zero-order valence-electron chi connectivity index (χ0n) is 12.3. The maximum absolute atomic E-state index is 12.4. The van der Waals surface area contributed by atoms with E-state index in [2.05, 4.69) is 22.3 Å². The van der Waals surface area contributed by atoms with Crippen LogP contribution in [0.2, 0.25) is 0 Å². The maximum atomic E-state index is 12.4. The van der Waals surface area contributed by atoms with Gasteiger partial charge in [-0.3, -0.25) is 9.48 Å². The van der Waals surface area contributed by atoms with Gasteiger partial charge in [-0.2, -0.15) is 5.10 Å². The molecule has 1 saturated heterocycles. The Morgan fingerprint density at radius 2 is 2.25 bits per heavy atom. The lowest BCUT2D eigenvalue weighted by Crippen LogP contribution is -2.40. The van der Waals surface area contributed by atoms with Crippen LogP contribution >= 0.6 is 0 Å². The first kappa shape index (κ1) is 15.0. The minimum atomic E-state index is 0.237. The van der Waals surface area contributed by atoms with E-state index >= 15 is 0 Å². The molecular formula is C14H25N5O. The lowest BCUT2D eigenvalue weighted by atomic mass is 9.97. The molecular weight excluding hydrogens is 254 g/mol. The number of nitrogens with zero attached hydrogens (tertiary/aromatic N) is 4. The normalized spacial score (nSPS) is 16.2. The molecule has 1 amide bonds. The van der Waals surface area contributed by atoms with Gasteiger partial charge in [-0.05, 0) is 38.3 Å². The number of nitrogens with one attached hydrogen (secondary N) is 1. The summed E-state index contributed by atoms with van der Waals surface area (Å²) in [5, 5.41) is 7.41. The zero-order chi connectivity index (χ0) is 14.2. The Bertz CT molecular complexity index is 386. The van der Waals surface area contributed by atoms with E-state index in [0.717, 1.165) is 32.6 Å². The van der Waals surface area contributed by atoms with Gasteiger partial charge >= 0.3 is 0 Å². The Hall–Kier alpha value is -1.43. The number of hydrogen-bond acceptors (Lipinski definition) is 4. The smallest absolute Gasteiger partial charge is 0.224 e. The summed E-state index contributed by atoms with van der Waals surface area (Å²) in [5.41, 5.74) is 0. The molecule has 6 nitrogen and oxygen atoms in total. The largest absolute Gasteiger partial charge is 0.342 e. The van der Waals surface area contributed by atoms with Gasteiger partial charge in [0.25, 0.3) is 0 Å². The van der Waals surface area contributed by atoms with Crippen LogP contribution in [0.5, 0.6) is 0 Å². The summed E-state index contributed by atoms with van der Waals surface area (Å²) in [6.45, 7) is 6.67. The third-order valence-electron chi connectivity index (χ3n) is 3.80. The van der Waals surface area contributed by atoms with Crippen molar-refractivity contribution in [3.63, 3.8) is 0 Å². The zero-order valence-corrected chi connectivity index (χ0v) is 12.3. The Labute approximate surface area is 120 Å². The van der Waals surface area contributed by atoms with Crippen LogP contribution in [-0.4, -0.2) is 51.8 Å². The highest BCUT2D eigenvalue weighted by atomic mass is 16.2. The van der Waals surface area contributed by atoms with Crippen molar-refractivity contribution in [1.29, 1.82) is 0 Å². The van der Waals surface area contributed by atoms with Crippen molar-refractivity contribution in [3.8, 4) is 0 Å². The molecule has 1 aromatic heterocycles. The van der Waals surface area contributed by atoms with Gasteiger partial charge in [-0.25, -0.2) is 4.98 Å². The van der Waals surface area contributed by atoms with Gasteiger partial charge in [-0.15, -0.1) is 0 Å². The topological polar surface area (TPSA) is 63.1 Å². The van der Waals surface area contributed by atoms with Gasteiger partial charge in [0.15, 0.2) is 0 Å². The lowest BCUT2D eigenvalue weighted by Gasteiger charge is -2.30. The first-order valence-corrected chi connectivity index (χ1v) is 7.60. The molecule has 0 unspecified atom stereocenters. The predicted molar refractivity (Wildman–Crippen MR) is 77.1 cm³/mol. The quantitative estimate of drug-likeness (QED) is 0.806.